The van der Waals surface area contributed by atoms with Gasteiger partial charge in [-0.3, -0.25) is 0 Å². The van der Waals surface area contributed by atoms with Crippen LogP contribution < -0.4 is 5.32 Å². The maximum Gasteiger partial charge on any atom is 0.0685 e. The van der Waals surface area contributed by atoms with Crippen LogP contribution >= 0.6 is 23.2 Å². The normalized spacial score (nSPS) is 17.0. The van der Waals surface area contributed by atoms with E-state index in [0.717, 1.165) is 36.1 Å². The zero-order valence-electron chi connectivity index (χ0n) is 11.6. The van der Waals surface area contributed by atoms with E-state index in [1.165, 1.54) is 5.56 Å². The van der Waals surface area contributed by atoms with Gasteiger partial charge in [0.15, 0.2) is 0 Å². The molecule has 110 valence electrons. The minimum absolute atomic E-state index is 0.0700. The highest BCUT2D eigenvalue weighted by Gasteiger charge is 2.25. The van der Waals surface area contributed by atoms with Crippen molar-refractivity contribution in [3.05, 3.63) is 68.7 Å². The number of hydrogen-bond acceptors (Lipinski definition) is 2. The minimum Gasteiger partial charge on any atom is -0.392 e. The van der Waals surface area contributed by atoms with E-state index in [4.69, 9.17) is 23.2 Å². The first-order chi connectivity index (χ1) is 10.2. The van der Waals surface area contributed by atoms with Crippen LogP contribution in [0.3, 0.4) is 0 Å². The van der Waals surface area contributed by atoms with Gasteiger partial charge in [-0.1, -0.05) is 53.5 Å². The van der Waals surface area contributed by atoms with Gasteiger partial charge in [-0.2, -0.15) is 0 Å². The predicted octanol–water partition coefficient (Wildman–Crippen LogP) is 4.26. The highest BCUT2D eigenvalue weighted by atomic mass is 35.5. The van der Waals surface area contributed by atoms with Crippen molar-refractivity contribution < 1.29 is 5.11 Å². The number of benzene rings is 2. The van der Waals surface area contributed by atoms with Gasteiger partial charge in [0.25, 0.3) is 0 Å². The second-order valence-electron chi connectivity index (χ2n) is 5.33. The molecule has 0 aromatic heterocycles. The monoisotopic (exact) mass is 321 g/mol. The van der Waals surface area contributed by atoms with Gasteiger partial charge in [0, 0.05) is 12.6 Å². The van der Waals surface area contributed by atoms with Crippen molar-refractivity contribution in [3.8, 4) is 0 Å². The molecule has 2 N–H and O–H groups in total. The molecular formula is C17H17Cl2NO. The smallest absolute Gasteiger partial charge is 0.0685 e. The third-order valence-electron chi connectivity index (χ3n) is 4.12. The molecule has 2 aromatic rings. The molecule has 0 fully saturated rings. The molecule has 3 rings (SSSR count). The third kappa shape index (κ3) is 2.95. The highest BCUT2D eigenvalue weighted by molar-refractivity contribution is 6.42. The van der Waals surface area contributed by atoms with Gasteiger partial charge in [-0.05, 0) is 41.2 Å². The van der Waals surface area contributed by atoms with Crippen molar-refractivity contribution in [1.82, 2.24) is 5.32 Å². The largest absolute Gasteiger partial charge is 0.392 e. The second kappa shape index (κ2) is 6.37. The number of hydrogen-bond donors (Lipinski definition) is 2. The fraction of sp³-hybridized carbons (Fsp3) is 0.294. The molecule has 2 aromatic carbocycles. The molecule has 0 heterocycles. The molecule has 0 spiro atoms. The van der Waals surface area contributed by atoms with E-state index in [1.807, 2.05) is 30.3 Å². The molecule has 4 heteroatoms. The summed E-state index contributed by atoms with van der Waals surface area (Å²) in [5.74, 6) is 0. The van der Waals surface area contributed by atoms with Gasteiger partial charge in [0.2, 0.25) is 0 Å². The first-order valence-electron chi connectivity index (χ1n) is 7.08. The quantitative estimate of drug-likeness (QED) is 0.881. The lowest BCUT2D eigenvalue weighted by Crippen LogP contribution is -2.19. The Morgan fingerprint density at radius 2 is 1.86 bits per heavy atom. The van der Waals surface area contributed by atoms with E-state index in [9.17, 15) is 5.11 Å². The van der Waals surface area contributed by atoms with Crippen molar-refractivity contribution in [2.75, 3.05) is 0 Å². The van der Waals surface area contributed by atoms with Crippen molar-refractivity contribution in [1.29, 1.82) is 0 Å². The lowest BCUT2D eigenvalue weighted by atomic mass is 10.1. The van der Waals surface area contributed by atoms with Gasteiger partial charge in [0.05, 0.1) is 16.7 Å². The Bertz CT molecular complexity index is 657. The SMILES string of the molecule is OCc1ccccc1CNC1CCc2c1ccc(Cl)c2Cl. The van der Waals surface area contributed by atoms with Crippen molar-refractivity contribution in [2.45, 2.75) is 32.0 Å². The van der Waals surface area contributed by atoms with E-state index in [0.29, 0.717) is 16.1 Å². The van der Waals surface area contributed by atoms with Crippen LogP contribution in [0.4, 0.5) is 0 Å². The predicted molar refractivity (Wildman–Crippen MR) is 86.7 cm³/mol. The summed E-state index contributed by atoms with van der Waals surface area (Å²) in [5.41, 5.74) is 4.51. The number of fused-ring (bicyclic) bond motifs is 1. The molecule has 1 atom stereocenters. The van der Waals surface area contributed by atoms with Crippen LogP contribution in [0.5, 0.6) is 0 Å². The average molecular weight is 322 g/mol. The van der Waals surface area contributed by atoms with E-state index < -0.39 is 0 Å². The van der Waals surface area contributed by atoms with Crippen LogP contribution in [-0.4, -0.2) is 5.11 Å². The second-order valence-corrected chi connectivity index (χ2v) is 6.11. The van der Waals surface area contributed by atoms with E-state index in [1.54, 1.807) is 0 Å². The summed E-state index contributed by atoms with van der Waals surface area (Å²) in [7, 11) is 0. The molecule has 21 heavy (non-hydrogen) atoms. The summed E-state index contributed by atoms with van der Waals surface area (Å²) in [6, 6.07) is 12.2. The third-order valence-corrected chi connectivity index (χ3v) is 4.96. The molecule has 1 unspecified atom stereocenters. The molecule has 0 bridgehead atoms. The van der Waals surface area contributed by atoms with Crippen LogP contribution in [0.15, 0.2) is 36.4 Å². The number of aliphatic hydroxyl groups is 1. The van der Waals surface area contributed by atoms with Crippen LogP contribution in [0, 0.1) is 0 Å². The molecule has 0 saturated carbocycles. The van der Waals surface area contributed by atoms with E-state index >= 15 is 0 Å². The van der Waals surface area contributed by atoms with Crippen LogP contribution in [0.25, 0.3) is 0 Å². The molecule has 2 nitrogen and oxygen atoms in total. The van der Waals surface area contributed by atoms with E-state index in [2.05, 4.69) is 11.4 Å². The fourth-order valence-corrected chi connectivity index (χ4v) is 3.41. The molecule has 0 saturated heterocycles. The summed E-state index contributed by atoms with van der Waals surface area (Å²) in [6.45, 7) is 0.807. The number of nitrogens with one attached hydrogen (secondary N) is 1. The van der Waals surface area contributed by atoms with Gasteiger partial charge in [0.1, 0.15) is 0 Å². The molecule has 1 aliphatic carbocycles. The lowest BCUT2D eigenvalue weighted by molar-refractivity contribution is 0.280. The highest BCUT2D eigenvalue weighted by Crippen LogP contribution is 2.39. The molecule has 0 aliphatic heterocycles. The van der Waals surface area contributed by atoms with Crippen molar-refractivity contribution >= 4 is 23.2 Å². The Morgan fingerprint density at radius 1 is 1.10 bits per heavy atom. The Labute approximate surface area is 134 Å². The minimum atomic E-state index is 0.0700. The standard InChI is InChI=1S/C17H17Cl2NO/c18-15-7-5-13-14(17(15)19)6-8-16(13)20-9-11-3-1-2-4-12(11)10-21/h1-5,7,16,20-21H,6,8-10H2. The summed E-state index contributed by atoms with van der Waals surface area (Å²) in [6.07, 6.45) is 1.98. The topological polar surface area (TPSA) is 32.3 Å². The molecule has 1 aliphatic rings. The summed E-state index contributed by atoms with van der Waals surface area (Å²) in [4.78, 5) is 0. The fourth-order valence-electron chi connectivity index (χ4n) is 2.96. The maximum absolute atomic E-state index is 9.38. The van der Waals surface area contributed by atoms with Gasteiger partial charge in [-0.15, -0.1) is 0 Å². The summed E-state index contributed by atoms with van der Waals surface area (Å²) < 4.78 is 0. The molecular weight excluding hydrogens is 305 g/mol. The lowest BCUT2D eigenvalue weighted by Gasteiger charge is -2.16. The van der Waals surface area contributed by atoms with Gasteiger partial charge >= 0.3 is 0 Å². The Balaban J connectivity index is 1.76. The molecule has 0 amide bonds. The van der Waals surface area contributed by atoms with Gasteiger partial charge < -0.3 is 10.4 Å². The number of aliphatic hydroxyl groups excluding tert-OH is 1. The van der Waals surface area contributed by atoms with E-state index in [-0.39, 0.29) is 6.61 Å². The Morgan fingerprint density at radius 3 is 2.62 bits per heavy atom. The first-order valence-corrected chi connectivity index (χ1v) is 7.84. The zero-order valence-corrected chi connectivity index (χ0v) is 13.1. The van der Waals surface area contributed by atoms with Gasteiger partial charge in [-0.25, -0.2) is 0 Å². The van der Waals surface area contributed by atoms with Crippen LogP contribution in [-0.2, 0) is 19.6 Å². The zero-order chi connectivity index (χ0) is 14.8. The summed E-state index contributed by atoms with van der Waals surface area (Å²) in [5, 5.41) is 14.3. The first kappa shape index (κ1) is 14.9. The summed E-state index contributed by atoms with van der Waals surface area (Å²) >= 11 is 12.3. The van der Waals surface area contributed by atoms with Crippen LogP contribution in [0.1, 0.15) is 34.7 Å². The van der Waals surface area contributed by atoms with Crippen LogP contribution in [0.2, 0.25) is 10.0 Å². The Kier molecular flexibility index (Phi) is 4.51. The van der Waals surface area contributed by atoms with Crippen molar-refractivity contribution in [3.63, 3.8) is 0 Å². The number of rotatable bonds is 4. The maximum atomic E-state index is 9.38. The molecule has 0 radical (unpaired) electrons. The Hall–Kier alpha value is -1.06. The average Bonchev–Trinajstić information content (AvgIpc) is 2.93. The number of halogens is 2. The van der Waals surface area contributed by atoms with Crippen molar-refractivity contribution in [2.24, 2.45) is 0 Å².